The summed E-state index contributed by atoms with van der Waals surface area (Å²) in [6.45, 7) is 5.75. The Balaban J connectivity index is 2.57. The SMILES string of the molecule is CCOc1ccc2c(c1OCC)OC(C)(C(=O)O)CC2=O. The van der Waals surface area contributed by atoms with Gasteiger partial charge in [0.15, 0.2) is 17.3 Å². The predicted octanol–water partition coefficient (Wildman–Crippen LogP) is 2.29. The summed E-state index contributed by atoms with van der Waals surface area (Å²) in [5.41, 5.74) is -1.28. The number of carbonyl (C=O) groups is 2. The molecule has 21 heavy (non-hydrogen) atoms. The van der Waals surface area contributed by atoms with Gasteiger partial charge in [-0.25, -0.2) is 4.79 Å². The molecule has 1 unspecified atom stereocenters. The van der Waals surface area contributed by atoms with E-state index in [1.165, 1.54) is 6.92 Å². The van der Waals surface area contributed by atoms with Gasteiger partial charge < -0.3 is 19.3 Å². The van der Waals surface area contributed by atoms with Gasteiger partial charge in [0.25, 0.3) is 0 Å². The molecule has 0 aliphatic carbocycles. The van der Waals surface area contributed by atoms with E-state index in [0.717, 1.165) is 0 Å². The molecular formula is C15H18O6. The summed E-state index contributed by atoms with van der Waals surface area (Å²) < 4.78 is 16.6. The molecule has 0 aromatic heterocycles. The summed E-state index contributed by atoms with van der Waals surface area (Å²) in [6.07, 6.45) is -0.213. The van der Waals surface area contributed by atoms with E-state index < -0.39 is 11.6 Å². The molecule has 1 N–H and O–H groups in total. The Kier molecular flexibility index (Phi) is 4.06. The van der Waals surface area contributed by atoms with E-state index in [1.54, 1.807) is 19.1 Å². The number of carboxylic acid groups (broad SMARTS) is 1. The van der Waals surface area contributed by atoms with E-state index in [9.17, 15) is 14.7 Å². The highest BCUT2D eigenvalue weighted by molar-refractivity contribution is 6.04. The van der Waals surface area contributed by atoms with E-state index in [4.69, 9.17) is 14.2 Å². The van der Waals surface area contributed by atoms with Gasteiger partial charge >= 0.3 is 5.97 Å². The second-order valence-corrected chi connectivity index (χ2v) is 4.87. The second kappa shape index (κ2) is 5.63. The minimum Gasteiger partial charge on any atom is -0.490 e. The molecule has 6 nitrogen and oxygen atoms in total. The molecule has 0 saturated heterocycles. The van der Waals surface area contributed by atoms with Crippen LogP contribution in [0.5, 0.6) is 17.2 Å². The second-order valence-electron chi connectivity index (χ2n) is 4.87. The van der Waals surface area contributed by atoms with Gasteiger partial charge in [0.05, 0.1) is 25.2 Å². The average Bonchev–Trinajstić information content (AvgIpc) is 2.41. The number of fused-ring (bicyclic) bond motifs is 1. The van der Waals surface area contributed by atoms with Crippen LogP contribution in [0.4, 0.5) is 0 Å². The van der Waals surface area contributed by atoms with Gasteiger partial charge in [-0.15, -0.1) is 0 Å². The Morgan fingerprint density at radius 3 is 2.57 bits per heavy atom. The molecular weight excluding hydrogens is 276 g/mol. The van der Waals surface area contributed by atoms with Crippen molar-refractivity contribution in [3.8, 4) is 17.2 Å². The largest absolute Gasteiger partial charge is 0.490 e. The summed E-state index contributed by atoms with van der Waals surface area (Å²) >= 11 is 0. The molecule has 0 fully saturated rings. The van der Waals surface area contributed by atoms with Crippen LogP contribution in [0.1, 0.15) is 37.6 Å². The molecule has 1 aliphatic heterocycles. The molecule has 1 atom stereocenters. The number of rotatable bonds is 5. The molecule has 6 heteroatoms. The van der Waals surface area contributed by atoms with E-state index >= 15 is 0 Å². The number of ketones is 1. The zero-order valence-electron chi connectivity index (χ0n) is 12.3. The lowest BCUT2D eigenvalue weighted by Gasteiger charge is -2.32. The summed E-state index contributed by atoms with van der Waals surface area (Å²) in [4.78, 5) is 23.6. The number of carboxylic acids is 1. The maximum atomic E-state index is 12.2. The smallest absolute Gasteiger partial charge is 0.348 e. The molecule has 0 spiro atoms. The van der Waals surface area contributed by atoms with Crippen molar-refractivity contribution in [1.82, 2.24) is 0 Å². The monoisotopic (exact) mass is 294 g/mol. The molecule has 0 radical (unpaired) electrons. The Morgan fingerprint density at radius 2 is 2.00 bits per heavy atom. The van der Waals surface area contributed by atoms with Gasteiger partial charge in [0.2, 0.25) is 11.4 Å². The van der Waals surface area contributed by atoms with Gasteiger partial charge in [-0.2, -0.15) is 0 Å². The number of aliphatic carboxylic acids is 1. The normalized spacial score (nSPS) is 20.4. The lowest BCUT2D eigenvalue weighted by Crippen LogP contribution is -2.46. The van der Waals surface area contributed by atoms with Crippen molar-refractivity contribution in [2.75, 3.05) is 13.2 Å². The van der Waals surface area contributed by atoms with Crippen molar-refractivity contribution in [3.05, 3.63) is 17.7 Å². The van der Waals surface area contributed by atoms with Gasteiger partial charge in [-0.05, 0) is 32.9 Å². The van der Waals surface area contributed by atoms with Gasteiger partial charge in [0.1, 0.15) is 0 Å². The first-order valence-corrected chi connectivity index (χ1v) is 6.81. The molecule has 1 aromatic carbocycles. The van der Waals surface area contributed by atoms with Crippen molar-refractivity contribution < 1.29 is 28.9 Å². The molecule has 0 saturated carbocycles. The molecule has 0 bridgehead atoms. The lowest BCUT2D eigenvalue weighted by molar-refractivity contribution is -0.154. The fourth-order valence-corrected chi connectivity index (χ4v) is 2.20. The van der Waals surface area contributed by atoms with Crippen LogP contribution in [0.25, 0.3) is 0 Å². The third-order valence-electron chi connectivity index (χ3n) is 3.24. The van der Waals surface area contributed by atoms with Crippen LogP contribution < -0.4 is 14.2 Å². The first-order chi connectivity index (χ1) is 9.92. The van der Waals surface area contributed by atoms with Gasteiger partial charge in [-0.1, -0.05) is 0 Å². The van der Waals surface area contributed by atoms with Crippen LogP contribution in [-0.4, -0.2) is 35.7 Å². The standard InChI is InChI=1S/C15H18O6/c1-4-19-11-7-6-9-10(16)8-15(3,14(17)18)21-12(9)13(11)20-5-2/h6-7H,4-5,8H2,1-3H3,(H,17,18). The highest BCUT2D eigenvalue weighted by atomic mass is 16.6. The lowest BCUT2D eigenvalue weighted by atomic mass is 9.91. The van der Waals surface area contributed by atoms with Gasteiger partial charge in [0, 0.05) is 0 Å². The molecule has 1 heterocycles. The maximum Gasteiger partial charge on any atom is 0.348 e. The van der Waals surface area contributed by atoms with Crippen LogP contribution in [-0.2, 0) is 4.79 Å². The number of ether oxygens (including phenoxy) is 3. The van der Waals surface area contributed by atoms with Crippen LogP contribution in [0.2, 0.25) is 0 Å². The van der Waals surface area contributed by atoms with Gasteiger partial charge in [-0.3, -0.25) is 4.79 Å². The Labute approximate surface area is 122 Å². The Morgan fingerprint density at radius 1 is 1.33 bits per heavy atom. The van der Waals surface area contributed by atoms with E-state index in [-0.39, 0.29) is 23.7 Å². The van der Waals surface area contributed by atoms with Crippen LogP contribution in [0.3, 0.4) is 0 Å². The molecule has 114 valence electrons. The van der Waals surface area contributed by atoms with Crippen molar-refractivity contribution in [2.45, 2.75) is 32.8 Å². The fraction of sp³-hybridized carbons (Fsp3) is 0.467. The summed E-state index contributed by atoms with van der Waals surface area (Å²) in [5.74, 6) is -0.627. The zero-order chi connectivity index (χ0) is 15.6. The quantitative estimate of drug-likeness (QED) is 0.897. The molecule has 1 aliphatic rings. The van der Waals surface area contributed by atoms with Crippen LogP contribution in [0, 0.1) is 0 Å². The number of hydrogen-bond donors (Lipinski definition) is 1. The van der Waals surface area contributed by atoms with Crippen LogP contribution in [0.15, 0.2) is 12.1 Å². The van der Waals surface area contributed by atoms with Crippen molar-refractivity contribution >= 4 is 11.8 Å². The third kappa shape index (κ3) is 2.66. The number of Topliss-reactive ketones (excluding diaryl/α,β-unsaturated/α-hetero) is 1. The molecule has 0 amide bonds. The third-order valence-corrected chi connectivity index (χ3v) is 3.24. The van der Waals surface area contributed by atoms with Crippen LogP contribution >= 0.6 is 0 Å². The highest BCUT2D eigenvalue weighted by Crippen LogP contribution is 2.45. The zero-order valence-corrected chi connectivity index (χ0v) is 12.3. The fourth-order valence-electron chi connectivity index (χ4n) is 2.20. The van der Waals surface area contributed by atoms with E-state index in [2.05, 4.69) is 0 Å². The summed E-state index contributed by atoms with van der Waals surface area (Å²) in [6, 6.07) is 3.21. The number of carbonyl (C=O) groups excluding carboxylic acids is 1. The Hall–Kier alpha value is -2.24. The average molecular weight is 294 g/mol. The minimum absolute atomic E-state index is 0.143. The summed E-state index contributed by atoms with van der Waals surface area (Å²) in [7, 11) is 0. The van der Waals surface area contributed by atoms with Crippen molar-refractivity contribution in [3.63, 3.8) is 0 Å². The predicted molar refractivity (Wildman–Crippen MR) is 74.4 cm³/mol. The Bertz CT molecular complexity index is 580. The number of hydrogen-bond acceptors (Lipinski definition) is 5. The van der Waals surface area contributed by atoms with E-state index in [0.29, 0.717) is 24.5 Å². The summed E-state index contributed by atoms with van der Waals surface area (Å²) in [5, 5.41) is 9.29. The number of benzene rings is 1. The van der Waals surface area contributed by atoms with E-state index in [1.807, 2.05) is 6.92 Å². The van der Waals surface area contributed by atoms with Crippen molar-refractivity contribution in [2.24, 2.45) is 0 Å². The first-order valence-electron chi connectivity index (χ1n) is 6.81. The maximum absolute atomic E-state index is 12.2. The topological polar surface area (TPSA) is 82.1 Å². The minimum atomic E-state index is -1.60. The highest BCUT2D eigenvalue weighted by Gasteiger charge is 2.44. The molecule has 1 aromatic rings. The van der Waals surface area contributed by atoms with Crippen molar-refractivity contribution in [1.29, 1.82) is 0 Å². The molecule has 2 rings (SSSR count). The first kappa shape index (κ1) is 15.2.